The minimum Gasteiger partial charge on any atom is -0.264 e. The van der Waals surface area contributed by atoms with Crippen molar-refractivity contribution in [2.75, 3.05) is 0 Å². The van der Waals surface area contributed by atoms with Crippen molar-refractivity contribution in [3.8, 4) is 0 Å². The zero-order chi connectivity index (χ0) is 11.1. The van der Waals surface area contributed by atoms with E-state index in [4.69, 9.17) is 0 Å². The Hall–Kier alpha value is -1.37. The van der Waals surface area contributed by atoms with E-state index in [2.05, 4.69) is 43.1 Å². The summed E-state index contributed by atoms with van der Waals surface area (Å²) in [6, 6.07) is 8.46. The summed E-state index contributed by atoms with van der Waals surface area (Å²) >= 11 is 0. The third kappa shape index (κ3) is 3.35. The standard InChI is InChI=1S/C14H19N/c1-4-10-15-11-13-8-6-7-9-14(13)12(3)5-2/h4,6-12H,5H2,1-3H3/b10-4-,15-11?. The van der Waals surface area contributed by atoms with Gasteiger partial charge in [-0.3, -0.25) is 4.99 Å². The van der Waals surface area contributed by atoms with E-state index in [1.54, 1.807) is 0 Å². The second-order valence-corrected chi connectivity index (χ2v) is 3.70. The zero-order valence-electron chi connectivity index (χ0n) is 9.77. The van der Waals surface area contributed by atoms with Gasteiger partial charge in [0.15, 0.2) is 0 Å². The van der Waals surface area contributed by atoms with E-state index in [-0.39, 0.29) is 0 Å². The van der Waals surface area contributed by atoms with E-state index in [0.717, 1.165) is 6.42 Å². The van der Waals surface area contributed by atoms with Crippen LogP contribution in [0.5, 0.6) is 0 Å². The fourth-order valence-electron chi connectivity index (χ4n) is 1.51. The number of allylic oxidation sites excluding steroid dienone is 1. The van der Waals surface area contributed by atoms with Crippen LogP contribution in [0.1, 0.15) is 44.2 Å². The number of nitrogens with zero attached hydrogens (tertiary/aromatic N) is 1. The lowest BCUT2D eigenvalue weighted by Crippen LogP contribution is -1.97. The van der Waals surface area contributed by atoms with Gasteiger partial charge in [-0.05, 0) is 30.4 Å². The van der Waals surface area contributed by atoms with Crippen molar-refractivity contribution >= 4 is 6.21 Å². The molecule has 0 N–H and O–H groups in total. The first kappa shape index (κ1) is 11.7. The quantitative estimate of drug-likeness (QED) is 0.649. The van der Waals surface area contributed by atoms with Gasteiger partial charge in [0.05, 0.1) is 0 Å². The maximum atomic E-state index is 4.23. The molecule has 0 saturated carbocycles. The van der Waals surface area contributed by atoms with Crippen molar-refractivity contribution < 1.29 is 0 Å². The molecule has 0 spiro atoms. The lowest BCUT2D eigenvalue weighted by molar-refractivity contribution is 0.732. The second-order valence-electron chi connectivity index (χ2n) is 3.70. The number of benzene rings is 1. The summed E-state index contributed by atoms with van der Waals surface area (Å²) in [6.45, 7) is 6.44. The Balaban J connectivity index is 2.95. The van der Waals surface area contributed by atoms with Crippen molar-refractivity contribution in [1.29, 1.82) is 0 Å². The molecule has 0 radical (unpaired) electrons. The SMILES string of the molecule is C/C=C\N=Cc1ccccc1C(C)CC. The average Bonchev–Trinajstić information content (AvgIpc) is 2.29. The van der Waals surface area contributed by atoms with Crippen molar-refractivity contribution in [2.24, 2.45) is 4.99 Å². The molecular weight excluding hydrogens is 182 g/mol. The van der Waals surface area contributed by atoms with Crippen molar-refractivity contribution in [3.05, 3.63) is 47.7 Å². The first-order valence-electron chi connectivity index (χ1n) is 5.52. The van der Waals surface area contributed by atoms with Gasteiger partial charge in [0.25, 0.3) is 0 Å². The molecule has 0 heterocycles. The molecule has 0 fully saturated rings. The molecule has 15 heavy (non-hydrogen) atoms. The summed E-state index contributed by atoms with van der Waals surface area (Å²) in [5.41, 5.74) is 2.61. The molecule has 0 amide bonds. The number of hydrogen-bond acceptors (Lipinski definition) is 1. The van der Waals surface area contributed by atoms with Gasteiger partial charge in [-0.25, -0.2) is 0 Å². The third-order valence-electron chi connectivity index (χ3n) is 2.59. The molecule has 0 aromatic heterocycles. The molecule has 1 heteroatoms. The maximum Gasteiger partial charge on any atom is 0.0343 e. The van der Waals surface area contributed by atoms with E-state index in [9.17, 15) is 0 Å². The molecule has 80 valence electrons. The normalized spacial score (nSPS) is 13.8. The van der Waals surface area contributed by atoms with Crippen LogP contribution in [0.15, 0.2) is 41.5 Å². The minimum absolute atomic E-state index is 0.596. The van der Waals surface area contributed by atoms with Crippen LogP contribution in [0.25, 0.3) is 0 Å². The van der Waals surface area contributed by atoms with Crippen molar-refractivity contribution in [1.82, 2.24) is 0 Å². The predicted octanol–water partition coefficient (Wildman–Crippen LogP) is 4.15. The molecule has 0 aliphatic rings. The second kappa shape index (κ2) is 6.18. The fourth-order valence-corrected chi connectivity index (χ4v) is 1.51. The lowest BCUT2D eigenvalue weighted by atomic mass is 9.94. The van der Waals surface area contributed by atoms with Crippen LogP contribution in [0, 0.1) is 0 Å². The summed E-state index contributed by atoms with van der Waals surface area (Å²) in [5.74, 6) is 0.596. The van der Waals surface area contributed by atoms with E-state index < -0.39 is 0 Å². The summed E-state index contributed by atoms with van der Waals surface area (Å²) in [5, 5.41) is 0. The van der Waals surface area contributed by atoms with Gasteiger partial charge in [-0.1, -0.05) is 44.2 Å². The van der Waals surface area contributed by atoms with Crippen LogP contribution in [-0.4, -0.2) is 6.21 Å². The molecule has 1 rings (SSSR count). The molecule has 0 saturated heterocycles. The van der Waals surface area contributed by atoms with Crippen LogP contribution in [0.4, 0.5) is 0 Å². The number of aliphatic imine (C=N–C) groups is 1. The molecule has 0 aliphatic heterocycles. The Kier molecular flexibility index (Phi) is 4.82. The van der Waals surface area contributed by atoms with E-state index in [1.807, 2.05) is 25.4 Å². The van der Waals surface area contributed by atoms with Gasteiger partial charge < -0.3 is 0 Å². The summed E-state index contributed by atoms with van der Waals surface area (Å²) in [6.07, 6.45) is 6.84. The van der Waals surface area contributed by atoms with Crippen LogP contribution in [0.3, 0.4) is 0 Å². The summed E-state index contributed by atoms with van der Waals surface area (Å²) in [7, 11) is 0. The molecule has 1 aromatic carbocycles. The highest BCUT2D eigenvalue weighted by Crippen LogP contribution is 2.21. The average molecular weight is 201 g/mol. The number of rotatable bonds is 4. The summed E-state index contributed by atoms with van der Waals surface area (Å²) in [4.78, 5) is 4.23. The first-order chi connectivity index (χ1) is 7.29. The lowest BCUT2D eigenvalue weighted by Gasteiger charge is -2.11. The highest BCUT2D eigenvalue weighted by Gasteiger charge is 2.05. The molecule has 1 aromatic rings. The monoisotopic (exact) mass is 201 g/mol. The zero-order valence-corrected chi connectivity index (χ0v) is 9.77. The van der Waals surface area contributed by atoms with Crippen LogP contribution in [-0.2, 0) is 0 Å². The van der Waals surface area contributed by atoms with Gasteiger partial charge in [-0.15, -0.1) is 0 Å². The van der Waals surface area contributed by atoms with Crippen molar-refractivity contribution in [2.45, 2.75) is 33.1 Å². The Labute approximate surface area is 92.6 Å². The van der Waals surface area contributed by atoms with Gasteiger partial charge in [0, 0.05) is 12.4 Å². The first-order valence-corrected chi connectivity index (χ1v) is 5.52. The Morgan fingerprint density at radius 3 is 2.73 bits per heavy atom. The van der Waals surface area contributed by atoms with E-state index in [1.165, 1.54) is 11.1 Å². The summed E-state index contributed by atoms with van der Waals surface area (Å²) < 4.78 is 0. The van der Waals surface area contributed by atoms with Crippen LogP contribution < -0.4 is 0 Å². The largest absolute Gasteiger partial charge is 0.264 e. The molecular formula is C14H19N. The Bertz CT molecular complexity index is 350. The van der Waals surface area contributed by atoms with Crippen molar-refractivity contribution in [3.63, 3.8) is 0 Å². The fraction of sp³-hybridized carbons (Fsp3) is 0.357. The molecule has 1 unspecified atom stereocenters. The number of hydrogen-bond donors (Lipinski definition) is 0. The molecule has 1 atom stereocenters. The molecule has 1 nitrogen and oxygen atoms in total. The van der Waals surface area contributed by atoms with Gasteiger partial charge in [-0.2, -0.15) is 0 Å². The van der Waals surface area contributed by atoms with Crippen LogP contribution in [0.2, 0.25) is 0 Å². The third-order valence-corrected chi connectivity index (χ3v) is 2.59. The minimum atomic E-state index is 0.596. The smallest absolute Gasteiger partial charge is 0.0343 e. The highest BCUT2D eigenvalue weighted by atomic mass is 14.7. The van der Waals surface area contributed by atoms with Gasteiger partial charge >= 0.3 is 0 Å². The van der Waals surface area contributed by atoms with E-state index >= 15 is 0 Å². The molecule has 0 bridgehead atoms. The highest BCUT2D eigenvalue weighted by molar-refractivity contribution is 5.82. The topological polar surface area (TPSA) is 12.4 Å². The molecule has 0 aliphatic carbocycles. The predicted molar refractivity (Wildman–Crippen MR) is 67.6 cm³/mol. The van der Waals surface area contributed by atoms with Gasteiger partial charge in [0.2, 0.25) is 0 Å². The van der Waals surface area contributed by atoms with E-state index in [0.29, 0.717) is 5.92 Å². The Morgan fingerprint density at radius 1 is 1.33 bits per heavy atom. The maximum absolute atomic E-state index is 4.23. The Morgan fingerprint density at radius 2 is 2.07 bits per heavy atom. The van der Waals surface area contributed by atoms with Gasteiger partial charge in [0.1, 0.15) is 0 Å². The van der Waals surface area contributed by atoms with Crippen LogP contribution >= 0.6 is 0 Å².